The van der Waals surface area contributed by atoms with Crippen LogP contribution in [0.1, 0.15) is 21.5 Å². The van der Waals surface area contributed by atoms with E-state index in [0.717, 1.165) is 16.8 Å². The lowest BCUT2D eigenvalue weighted by Gasteiger charge is -2.23. The maximum atomic E-state index is 12.7. The molecule has 5 nitrogen and oxygen atoms in total. The van der Waals surface area contributed by atoms with Crippen LogP contribution in [0.4, 0.5) is 5.69 Å². The van der Waals surface area contributed by atoms with Gasteiger partial charge in [-0.2, -0.15) is 0 Å². The molecule has 3 rings (SSSR count). The van der Waals surface area contributed by atoms with Gasteiger partial charge in [0.25, 0.3) is 5.91 Å². The molecular formula is C18H19N3O2S. The van der Waals surface area contributed by atoms with Gasteiger partial charge in [-0.05, 0) is 37.6 Å². The Labute approximate surface area is 145 Å². The number of amides is 2. The van der Waals surface area contributed by atoms with E-state index in [9.17, 15) is 9.59 Å². The molecule has 1 atom stereocenters. The van der Waals surface area contributed by atoms with E-state index in [-0.39, 0.29) is 11.8 Å². The summed E-state index contributed by atoms with van der Waals surface area (Å²) >= 11 is 1.59. The van der Waals surface area contributed by atoms with Crippen LogP contribution in [0.3, 0.4) is 0 Å². The number of carbonyl (C=O) groups excluding carboxylic acids is 2. The van der Waals surface area contributed by atoms with E-state index in [4.69, 9.17) is 0 Å². The van der Waals surface area contributed by atoms with Crippen molar-refractivity contribution in [2.45, 2.75) is 19.9 Å². The molecule has 2 aromatic rings. The summed E-state index contributed by atoms with van der Waals surface area (Å²) in [6.45, 7) is 3.98. The second kappa shape index (κ2) is 7.05. The Hall–Kier alpha value is -2.34. The van der Waals surface area contributed by atoms with E-state index >= 15 is 0 Å². The molecule has 1 N–H and O–H groups in total. The number of carbonyl (C=O) groups is 2. The molecule has 24 heavy (non-hydrogen) atoms. The number of nitrogens with zero attached hydrogens (tertiary/aromatic N) is 2. The van der Waals surface area contributed by atoms with Crippen molar-refractivity contribution < 1.29 is 9.59 Å². The molecule has 1 aliphatic heterocycles. The molecule has 6 heteroatoms. The van der Waals surface area contributed by atoms with E-state index in [0.29, 0.717) is 17.2 Å². The Bertz CT molecular complexity index is 764. The summed E-state index contributed by atoms with van der Waals surface area (Å²) in [5, 5.41) is 2.96. The standard InChI is InChI=1S/C18H19N3O2S/c1-12-3-4-15(13(2)9-12)20-17(22)16-10-24-11-21(16)18(23)14-5-7-19-8-6-14/h3-9,16H,10-11H2,1-2H3,(H,20,22)/t16-/m0/s1. The van der Waals surface area contributed by atoms with Crippen molar-refractivity contribution in [3.8, 4) is 0 Å². The van der Waals surface area contributed by atoms with Crippen LogP contribution in [-0.2, 0) is 4.79 Å². The molecule has 0 aliphatic carbocycles. The maximum Gasteiger partial charge on any atom is 0.255 e. The lowest BCUT2D eigenvalue weighted by Crippen LogP contribution is -2.44. The lowest BCUT2D eigenvalue weighted by molar-refractivity contribution is -0.119. The molecule has 0 radical (unpaired) electrons. The highest BCUT2D eigenvalue weighted by molar-refractivity contribution is 7.99. The number of nitrogens with one attached hydrogen (secondary N) is 1. The third kappa shape index (κ3) is 3.43. The molecule has 0 unspecified atom stereocenters. The second-order valence-corrected chi connectivity index (χ2v) is 6.83. The number of hydrogen-bond donors (Lipinski definition) is 1. The van der Waals surface area contributed by atoms with E-state index in [1.807, 2.05) is 32.0 Å². The highest BCUT2D eigenvalue weighted by Crippen LogP contribution is 2.25. The van der Waals surface area contributed by atoms with Crippen molar-refractivity contribution in [1.29, 1.82) is 0 Å². The number of anilines is 1. The third-order valence-electron chi connectivity index (χ3n) is 4.01. The van der Waals surface area contributed by atoms with Gasteiger partial charge in [-0.15, -0.1) is 11.8 Å². The SMILES string of the molecule is Cc1ccc(NC(=O)[C@@H]2CSCN2C(=O)c2ccncc2)c(C)c1. The van der Waals surface area contributed by atoms with Gasteiger partial charge in [-0.25, -0.2) is 0 Å². The van der Waals surface area contributed by atoms with Crippen LogP contribution in [0.5, 0.6) is 0 Å². The molecule has 0 spiro atoms. The van der Waals surface area contributed by atoms with Gasteiger partial charge in [0.1, 0.15) is 6.04 Å². The first kappa shape index (κ1) is 16.5. The number of pyridine rings is 1. The van der Waals surface area contributed by atoms with Crippen molar-refractivity contribution in [1.82, 2.24) is 9.88 Å². The molecule has 1 fully saturated rings. The maximum absolute atomic E-state index is 12.7. The molecule has 2 heterocycles. The average Bonchev–Trinajstić information content (AvgIpc) is 3.07. The number of benzene rings is 1. The molecule has 0 bridgehead atoms. The number of thioether (sulfide) groups is 1. The Balaban J connectivity index is 1.75. The molecule has 124 valence electrons. The third-order valence-corrected chi connectivity index (χ3v) is 5.03. The van der Waals surface area contributed by atoms with Crippen LogP contribution in [-0.4, -0.2) is 39.4 Å². The average molecular weight is 341 g/mol. The second-order valence-electron chi connectivity index (χ2n) is 5.83. The van der Waals surface area contributed by atoms with Crippen molar-refractivity contribution in [2.24, 2.45) is 0 Å². The van der Waals surface area contributed by atoms with Gasteiger partial charge in [0, 0.05) is 29.4 Å². The van der Waals surface area contributed by atoms with Crippen molar-refractivity contribution in [3.63, 3.8) is 0 Å². The summed E-state index contributed by atoms with van der Waals surface area (Å²) in [5.41, 5.74) is 3.51. The fourth-order valence-electron chi connectivity index (χ4n) is 2.69. The van der Waals surface area contributed by atoms with Gasteiger partial charge >= 0.3 is 0 Å². The first-order valence-corrected chi connectivity index (χ1v) is 8.88. The summed E-state index contributed by atoms with van der Waals surface area (Å²) < 4.78 is 0. The van der Waals surface area contributed by atoms with E-state index in [1.165, 1.54) is 0 Å². The Morgan fingerprint density at radius 3 is 2.67 bits per heavy atom. The predicted molar refractivity (Wildman–Crippen MR) is 96.1 cm³/mol. The summed E-state index contributed by atoms with van der Waals surface area (Å²) in [4.78, 5) is 30.8. The minimum Gasteiger partial charge on any atom is -0.324 e. The molecular weight excluding hydrogens is 322 g/mol. The molecule has 0 saturated carbocycles. The van der Waals surface area contributed by atoms with Crippen molar-refractivity contribution >= 4 is 29.3 Å². The number of aryl methyl sites for hydroxylation is 2. The molecule has 1 aromatic heterocycles. The van der Waals surface area contributed by atoms with Gasteiger partial charge in [-0.1, -0.05) is 17.7 Å². The van der Waals surface area contributed by atoms with Crippen LogP contribution in [0.15, 0.2) is 42.7 Å². The molecule has 1 saturated heterocycles. The van der Waals surface area contributed by atoms with Gasteiger partial charge < -0.3 is 10.2 Å². The van der Waals surface area contributed by atoms with Crippen molar-refractivity contribution in [2.75, 3.05) is 16.9 Å². The Kier molecular flexibility index (Phi) is 4.85. The number of aromatic nitrogens is 1. The molecule has 1 aliphatic rings. The summed E-state index contributed by atoms with van der Waals surface area (Å²) in [5.74, 6) is 0.845. The lowest BCUT2D eigenvalue weighted by atomic mass is 10.1. The monoisotopic (exact) mass is 341 g/mol. The highest BCUT2D eigenvalue weighted by atomic mass is 32.2. The zero-order chi connectivity index (χ0) is 17.1. The zero-order valence-electron chi connectivity index (χ0n) is 13.7. The van der Waals surface area contributed by atoms with Gasteiger partial charge in [0.15, 0.2) is 0 Å². The zero-order valence-corrected chi connectivity index (χ0v) is 14.5. The molecule has 2 amide bonds. The Morgan fingerprint density at radius 1 is 1.21 bits per heavy atom. The fraction of sp³-hybridized carbons (Fsp3) is 0.278. The minimum absolute atomic E-state index is 0.136. The number of hydrogen-bond acceptors (Lipinski definition) is 4. The van der Waals surface area contributed by atoms with Crippen LogP contribution in [0, 0.1) is 13.8 Å². The van der Waals surface area contributed by atoms with E-state index in [2.05, 4.69) is 10.3 Å². The first-order valence-electron chi connectivity index (χ1n) is 7.73. The smallest absolute Gasteiger partial charge is 0.255 e. The van der Waals surface area contributed by atoms with E-state index < -0.39 is 6.04 Å². The predicted octanol–water partition coefficient (Wildman–Crippen LogP) is 2.85. The fourth-order valence-corrected chi connectivity index (χ4v) is 3.84. The summed E-state index contributed by atoms with van der Waals surface area (Å²) in [6, 6.07) is 8.77. The topological polar surface area (TPSA) is 62.3 Å². The summed E-state index contributed by atoms with van der Waals surface area (Å²) in [7, 11) is 0. The van der Waals surface area contributed by atoms with E-state index in [1.54, 1.807) is 41.2 Å². The quantitative estimate of drug-likeness (QED) is 0.932. The van der Waals surface area contributed by atoms with Gasteiger partial charge in [0.05, 0.1) is 5.88 Å². The highest BCUT2D eigenvalue weighted by Gasteiger charge is 2.35. The summed E-state index contributed by atoms with van der Waals surface area (Å²) in [6.07, 6.45) is 3.17. The minimum atomic E-state index is -0.462. The first-order chi connectivity index (χ1) is 11.6. The largest absolute Gasteiger partial charge is 0.324 e. The van der Waals surface area contributed by atoms with Crippen LogP contribution < -0.4 is 5.32 Å². The Morgan fingerprint density at radius 2 is 1.96 bits per heavy atom. The van der Waals surface area contributed by atoms with Gasteiger partial charge in [0.2, 0.25) is 5.91 Å². The molecule has 1 aromatic carbocycles. The number of rotatable bonds is 3. The van der Waals surface area contributed by atoms with Crippen LogP contribution >= 0.6 is 11.8 Å². The van der Waals surface area contributed by atoms with Crippen LogP contribution in [0.25, 0.3) is 0 Å². The van der Waals surface area contributed by atoms with Crippen molar-refractivity contribution in [3.05, 3.63) is 59.4 Å². The van der Waals surface area contributed by atoms with Crippen LogP contribution in [0.2, 0.25) is 0 Å². The van der Waals surface area contributed by atoms with Gasteiger partial charge in [-0.3, -0.25) is 14.6 Å². The normalized spacial score (nSPS) is 16.9.